The molecule has 1 saturated heterocycles. The van der Waals surface area contributed by atoms with Crippen molar-refractivity contribution in [3.8, 4) is 0 Å². The van der Waals surface area contributed by atoms with Crippen molar-refractivity contribution in [2.75, 3.05) is 13.1 Å². The molecule has 1 aromatic rings. The van der Waals surface area contributed by atoms with Crippen LogP contribution >= 0.6 is 11.6 Å². The maximum Gasteiger partial charge on any atom is 0.270 e. The Bertz CT molecular complexity index is 566. The van der Waals surface area contributed by atoms with Crippen molar-refractivity contribution in [2.45, 2.75) is 44.2 Å². The SMILES string of the molecule is NC1CCCC2CN(C(=O)c3cc(Cl)cn3C3CC3)CC12. The summed E-state index contributed by atoms with van der Waals surface area (Å²) in [6, 6.07) is 2.56. The van der Waals surface area contributed by atoms with Crippen LogP contribution in [0.25, 0.3) is 0 Å². The van der Waals surface area contributed by atoms with Crippen molar-refractivity contribution in [3.05, 3.63) is 23.0 Å². The van der Waals surface area contributed by atoms with E-state index >= 15 is 0 Å². The molecule has 0 radical (unpaired) electrons. The lowest BCUT2D eigenvalue weighted by molar-refractivity contribution is 0.0772. The number of likely N-dealkylation sites (tertiary alicyclic amines) is 1. The first-order valence-corrected chi connectivity index (χ1v) is 8.43. The smallest absolute Gasteiger partial charge is 0.270 e. The van der Waals surface area contributed by atoms with Gasteiger partial charge in [0.05, 0.1) is 5.02 Å². The van der Waals surface area contributed by atoms with E-state index in [1.54, 1.807) is 0 Å². The molecule has 0 aromatic carbocycles. The Hall–Kier alpha value is -1.00. The molecule has 3 fully saturated rings. The molecule has 1 aliphatic heterocycles. The molecular weight excluding hydrogens is 286 g/mol. The molecule has 5 heteroatoms. The summed E-state index contributed by atoms with van der Waals surface area (Å²) in [6.45, 7) is 1.68. The van der Waals surface area contributed by atoms with Crippen molar-refractivity contribution >= 4 is 17.5 Å². The zero-order chi connectivity index (χ0) is 14.6. The number of hydrogen-bond acceptors (Lipinski definition) is 2. The predicted octanol–water partition coefficient (Wildman–Crippen LogP) is 2.68. The van der Waals surface area contributed by atoms with E-state index in [1.165, 1.54) is 12.8 Å². The van der Waals surface area contributed by atoms with E-state index in [4.69, 9.17) is 17.3 Å². The molecule has 4 rings (SSSR count). The fourth-order valence-corrected chi connectivity index (χ4v) is 4.32. The molecule has 3 atom stereocenters. The second-order valence-corrected chi connectivity index (χ2v) is 7.35. The van der Waals surface area contributed by atoms with Crippen molar-refractivity contribution in [2.24, 2.45) is 17.6 Å². The van der Waals surface area contributed by atoms with E-state index in [1.807, 2.05) is 17.2 Å². The minimum atomic E-state index is 0.135. The topological polar surface area (TPSA) is 51.3 Å². The van der Waals surface area contributed by atoms with Gasteiger partial charge in [0.1, 0.15) is 5.69 Å². The molecular formula is C16H22ClN3O. The van der Waals surface area contributed by atoms with Crippen LogP contribution in [0, 0.1) is 11.8 Å². The minimum Gasteiger partial charge on any atom is -0.339 e. The molecule has 21 heavy (non-hydrogen) atoms. The van der Waals surface area contributed by atoms with Crippen LogP contribution in [-0.4, -0.2) is 34.5 Å². The highest BCUT2D eigenvalue weighted by atomic mass is 35.5. The monoisotopic (exact) mass is 307 g/mol. The highest BCUT2D eigenvalue weighted by Gasteiger charge is 2.41. The number of nitrogens with zero attached hydrogens (tertiary/aromatic N) is 2. The first-order chi connectivity index (χ1) is 10.1. The van der Waals surface area contributed by atoms with Crippen molar-refractivity contribution < 1.29 is 4.79 Å². The fourth-order valence-electron chi connectivity index (χ4n) is 4.12. The van der Waals surface area contributed by atoms with E-state index in [9.17, 15) is 4.79 Å². The Labute approximate surface area is 130 Å². The summed E-state index contributed by atoms with van der Waals surface area (Å²) in [5, 5.41) is 0.665. The zero-order valence-corrected chi connectivity index (χ0v) is 12.9. The van der Waals surface area contributed by atoms with Crippen LogP contribution in [0.5, 0.6) is 0 Å². The maximum absolute atomic E-state index is 12.9. The summed E-state index contributed by atoms with van der Waals surface area (Å²) in [5.74, 6) is 1.22. The number of hydrogen-bond donors (Lipinski definition) is 1. The van der Waals surface area contributed by atoms with Gasteiger partial charge in [-0.1, -0.05) is 18.0 Å². The Morgan fingerprint density at radius 1 is 1.24 bits per heavy atom. The molecule has 2 heterocycles. The molecule has 114 valence electrons. The van der Waals surface area contributed by atoms with Crippen LogP contribution in [0.2, 0.25) is 5.02 Å². The van der Waals surface area contributed by atoms with Gasteiger partial charge >= 0.3 is 0 Å². The fraction of sp³-hybridized carbons (Fsp3) is 0.688. The summed E-state index contributed by atoms with van der Waals surface area (Å²) in [4.78, 5) is 14.9. The molecule has 2 aliphatic carbocycles. The molecule has 1 amide bonds. The maximum atomic E-state index is 12.9. The second-order valence-electron chi connectivity index (χ2n) is 6.91. The van der Waals surface area contributed by atoms with Crippen LogP contribution in [0.3, 0.4) is 0 Å². The lowest BCUT2D eigenvalue weighted by Crippen LogP contribution is -2.38. The summed E-state index contributed by atoms with van der Waals surface area (Å²) in [7, 11) is 0. The van der Waals surface area contributed by atoms with Gasteiger partial charge in [-0.15, -0.1) is 0 Å². The third-order valence-electron chi connectivity index (χ3n) is 5.42. The van der Waals surface area contributed by atoms with Crippen molar-refractivity contribution in [3.63, 3.8) is 0 Å². The van der Waals surface area contributed by atoms with Gasteiger partial charge in [-0.25, -0.2) is 0 Å². The number of carbonyl (C=O) groups is 1. The Kier molecular flexibility index (Phi) is 3.27. The number of nitrogens with two attached hydrogens (primary N) is 1. The van der Waals surface area contributed by atoms with Crippen LogP contribution in [0.15, 0.2) is 12.3 Å². The van der Waals surface area contributed by atoms with E-state index in [0.29, 0.717) is 22.9 Å². The lowest BCUT2D eigenvalue weighted by Gasteiger charge is -2.29. The first-order valence-electron chi connectivity index (χ1n) is 8.05. The van der Waals surface area contributed by atoms with Gasteiger partial charge in [0.15, 0.2) is 0 Å². The number of halogens is 1. The van der Waals surface area contributed by atoms with Gasteiger partial charge in [0.25, 0.3) is 5.91 Å². The number of carbonyl (C=O) groups excluding carboxylic acids is 1. The van der Waals surface area contributed by atoms with Gasteiger partial charge in [-0.2, -0.15) is 0 Å². The predicted molar refractivity (Wildman–Crippen MR) is 82.4 cm³/mol. The largest absolute Gasteiger partial charge is 0.339 e. The van der Waals surface area contributed by atoms with Crippen LogP contribution in [-0.2, 0) is 0 Å². The Balaban J connectivity index is 1.55. The molecule has 3 unspecified atom stereocenters. The highest BCUT2D eigenvalue weighted by molar-refractivity contribution is 6.31. The van der Waals surface area contributed by atoms with Gasteiger partial charge in [0.2, 0.25) is 0 Å². The first kappa shape index (κ1) is 13.6. The van der Waals surface area contributed by atoms with Crippen molar-refractivity contribution in [1.29, 1.82) is 0 Å². The Morgan fingerprint density at radius 3 is 2.76 bits per heavy atom. The van der Waals surface area contributed by atoms with E-state index < -0.39 is 0 Å². The Morgan fingerprint density at radius 2 is 2.05 bits per heavy atom. The molecule has 3 aliphatic rings. The number of fused-ring (bicyclic) bond motifs is 1. The number of rotatable bonds is 2. The van der Waals surface area contributed by atoms with Crippen LogP contribution < -0.4 is 5.73 Å². The van der Waals surface area contributed by atoms with Crippen LogP contribution in [0.4, 0.5) is 0 Å². The van der Waals surface area contributed by atoms with Gasteiger partial charge in [-0.05, 0) is 43.6 Å². The molecule has 4 nitrogen and oxygen atoms in total. The third-order valence-corrected chi connectivity index (χ3v) is 5.62. The molecule has 0 bridgehead atoms. The van der Waals surface area contributed by atoms with E-state index in [0.717, 1.165) is 38.0 Å². The number of aromatic nitrogens is 1. The molecule has 2 saturated carbocycles. The summed E-state index contributed by atoms with van der Waals surface area (Å²) in [6.07, 6.45) is 7.73. The summed E-state index contributed by atoms with van der Waals surface area (Å²) < 4.78 is 2.08. The molecule has 0 spiro atoms. The average Bonchev–Trinajstić information content (AvgIpc) is 3.08. The lowest BCUT2D eigenvalue weighted by atomic mass is 9.78. The zero-order valence-electron chi connectivity index (χ0n) is 12.2. The van der Waals surface area contributed by atoms with E-state index in [2.05, 4.69) is 4.57 Å². The van der Waals surface area contributed by atoms with Crippen molar-refractivity contribution in [1.82, 2.24) is 9.47 Å². The second kappa shape index (κ2) is 5.03. The van der Waals surface area contributed by atoms with Gasteiger partial charge in [-0.3, -0.25) is 4.79 Å². The average molecular weight is 308 g/mol. The van der Waals surface area contributed by atoms with Crippen LogP contribution in [0.1, 0.15) is 48.6 Å². The summed E-state index contributed by atoms with van der Waals surface area (Å²) >= 11 is 6.12. The number of amides is 1. The minimum absolute atomic E-state index is 0.135. The standard InChI is InChI=1S/C16H22ClN3O/c17-11-6-15(20(8-11)12-4-5-12)16(21)19-7-10-2-1-3-14(18)13(10)9-19/h6,8,10,12-14H,1-5,7,9,18H2. The van der Waals surface area contributed by atoms with Gasteiger partial charge in [0, 0.05) is 31.4 Å². The van der Waals surface area contributed by atoms with E-state index in [-0.39, 0.29) is 11.9 Å². The normalized spacial score (nSPS) is 32.3. The molecule has 2 N–H and O–H groups in total. The quantitative estimate of drug-likeness (QED) is 0.913. The molecule has 1 aromatic heterocycles. The highest BCUT2D eigenvalue weighted by Crippen LogP contribution is 2.39. The third kappa shape index (κ3) is 2.38. The summed E-state index contributed by atoms with van der Waals surface area (Å²) in [5.41, 5.74) is 7.01. The van der Waals surface area contributed by atoms with Gasteiger partial charge < -0.3 is 15.2 Å².